The van der Waals surface area contributed by atoms with Gasteiger partial charge >= 0.3 is 0 Å². The molecule has 0 saturated heterocycles. The van der Waals surface area contributed by atoms with Crippen LogP contribution >= 0.6 is 0 Å². The first-order chi connectivity index (χ1) is 13.0. The van der Waals surface area contributed by atoms with Gasteiger partial charge in [0.15, 0.2) is 0 Å². The standard InChI is InChI=1S/C21H24N4O2/c1-13-7-6-8-14(2)20(13)24-19-11-15(3)22-21(25-19)23-17-10-9-16(26-4)12-18(17)27-5/h6-12H,1-5H3,(H2,22,23,24,25). The lowest BCUT2D eigenvalue weighted by atomic mass is 10.1. The van der Waals surface area contributed by atoms with Crippen LogP contribution in [0.5, 0.6) is 11.5 Å². The van der Waals surface area contributed by atoms with Crippen LogP contribution in [-0.4, -0.2) is 24.2 Å². The van der Waals surface area contributed by atoms with E-state index in [-0.39, 0.29) is 0 Å². The van der Waals surface area contributed by atoms with Gasteiger partial charge in [-0.15, -0.1) is 0 Å². The van der Waals surface area contributed by atoms with Crippen molar-refractivity contribution in [3.05, 3.63) is 59.3 Å². The summed E-state index contributed by atoms with van der Waals surface area (Å²) in [5.41, 5.74) is 5.01. The Balaban J connectivity index is 1.90. The zero-order chi connectivity index (χ0) is 19.4. The first-order valence-corrected chi connectivity index (χ1v) is 8.68. The molecule has 0 radical (unpaired) electrons. The summed E-state index contributed by atoms with van der Waals surface area (Å²) in [6, 6.07) is 13.7. The zero-order valence-electron chi connectivity index (χ0n) is 16.3. The smallest absolute Gasteiger partial charge is 0.229 e. The highest BCUT2D eigenvalue weighted by Gasteiger charge is 2.10. The van der Waals surface area contributed by atoms with E-state index in [1.807, 2.05) is 37.3 Å². The fourth-order valence-corrected chi connectivity index (χ4v) is 2.85. The highest BCUT2D eigenvalue weighted by Crippen LogP contribution is 2.31. The number of nitrogens with one attached hydrogen (secondary N) is 2. The van der Waals surface area contributed by atoms with E-state index >= 15 is 0 Å². The van der Waals surface area contributed by atoms with Gasteiger partial charge in [0.2, 0.25) is 5.95 Å². The Morgan fingerprint density at radius 2 is 1.56 bits per heavy atom. The van der Waals surface area contributed by atoms with Crippen LogP contribution in [0.25, 0.3) is 0 Å². The van der Waals surface area contributed by atoms with Gasteiger partial charge in [-0.2, -0.15) is 4.98 Å². The van der Waals surface area contributed by atoms with E-state index in [0.717, 1.165) is 39.8 Å². The molecule has 140 valence electrons. The van der Waals surface area contributed by atoms with Gasteiger partial charge in [-0.05, 0) is 44.0 Å². The fourth-order valence-electron chi connectivity index (χ4n) is 2.85. The van der Waals surface area contributed by atoms with E-state index in [0.29, 0.717) is 11.7 Å². The molecule has 0 saturated carbocycles. The van der Waals surface area contributed by atoms with Gasteiger partial charge in [0.25, 0.3) is 0 Å². The number of ether oxygens (including phenoxy) is 2. The van der Waals surface area contributed by atoms with Crippen molar-refractivity contribution in [1.82, 2.24) is 9.97 Å². The molecule has 27 heavy (non-hydrogen) atoms. The lowest BCUT2D eigenvalue weighted by molar-refractivity contribution is 0.395. The number of hydrogen-bond acceptors (Lipinski definition) is 6. The number of benzene rings is 2. The highest BCUT2D eigenvalue weighted by atomic mass is 16.5. The Kier molecular flexibility index (Phi) is 5.45. The predicted molar refractivity (Wildman–Crippen MR) is 109 cm³/mol. The van der Waals surface area contributed by atoms with Gasteiger partial charge in [-0.1, -0.05) is 18.2 Å². The molecule has 0 bridgehead atoms. The maximum Gasteiger partial charge on any atom is 0.229 e. The molecule has 0 atom stereocenters. The third-order valence-corrected chi connectivity index (χ3v) is 4.24. The number of para-hydroxylation sites is 1. The van der Waals surface area contributed by atoms with Gasteiger partial charge in [0.05, 0.1) is 19.9 Å². The Bertz CT molecular complexity index is 937. The van der Waals surface area contributed by atoms with Crippen molar-refractivity contribution in [3.8, 4) is 11.5 Å². The second-order valence-electron chi connectivity index (χ2n) is 6.30. The quantitative estimate of drug-likeness (QED) is 0.648. The second-order valence-corrected chi connectivity index (χ2v) is 6.30. The highest BCUT2D eigenvalue weighted by molar-refractivity contribution is 5.68. The SMILES string of the molecule is COc1ccc(Nc2nc(C)cc(Nc3c(C)cccc3C)n2)c(OC)c1. The lowest BCUT2D eigenvalue weighted by Gasteiger charge is -2.15. The minimum atomic E-state index is 0.493. The molecule has 2 N–H and O–H groups in total. The molecule has 0 unspecified atom stereocenters. The van der Waals surface area contributed by atoms with Crippen LogP contribution in [0.4, 0.5) is 23.1 Å². The molecule has 2 aromatic carbocycles. The van der Waals surface area contributed by atoms with Crippen molar-refractivity contribution in [2.75, 3.05) is 24.9 Å². The van der Waals surface area contributed by atoms with Gasteiger partial charge in [-0.25, -0.2) is 4.98 Å². The van der Waals surface area contributed by atoms with Crippen LogP contribution < -0.4 is 20.1 Å². The number of anilines is 4. The lowest BCUT2D eigenvalue weighted by Crippen LogP contribution is -2.04. The van der Waals surface area contributed by atoms with Crippen molar-refractivity contribution in [2.24, 2.45) is 0 Å². The third kappa shape index (κ3) is 4.28. The molecule has 0 aliphatic carbocycles. The Labute approximate surface area is 159 Å². The molecule has 1 heterocycles. The molecule has 6 heteroatoms. The van der Waals surface area contributed by atoms with Crippen LogP contribution in [-0.2, 0) is 0 Å². The van der Waals surface area contributed by atoms with Crippen molar-refractivity contribution >= 4 is 23.1 Å². The van der Waals surface area contributed by atoms with Gasteiger partial charge in [0, 0.05) is 23.5 Å². The van der Waals surface area contributed by atoms with Crippen molar-refractivity contribution in [2.45, 2.75) is 20.8 Å². The number of rotatable bonds is 6. The maximum atomic E-state index is 5.43. The van der Waals surface area contributed by atoms with Gasteiger partial charge in [-0.3, -0.25) is 0 Å². The zero-order valence-corrected chi connectivity index (χ0v) is 16.3. The first kappa shape index (κ1) is 18.5. The molecular weight excluding hydrogens is 340 g/mol. The predicted octanol–water partition coefficient (Wildman–Crippen LogP) is 4.91. The summed E-state index contributed by atoms with van der Waals surface area (Å²) in [6.45, 7) is 6.09. The molecular formula is C21H24N4O2. The van der Waals surface area contributed by atoms with Crippen LogP contribution in [0.1, 0.15) is 16.8 Å². The molecule has 1 aromatic heterocycles. The Morgan fingerprint density at radius 3 is 2.22 bits per heavy atom. The summed E-state index contributed by atoms with van der Waals surface area (Å²) in [5, 5.41) is 6.64. The van der Waals surface area contributed by atoms with Crippen LogP contribution in [0, 0.1) is 20.8 Å². The normalized spacial score (nSPS) is 10.4. The average Bonchev–Trinajstić information content (AvgIpc) is 2.65. The summed E-state index contributed by atoms with van der Waals surface area (Å²) >= 11 is 0. The van der Waals surface area contributed by atoms with E-state index in [4.69, 9.17) is 9.47 Å². The first-order valence-electron chi connectivity index (χ1n) is 8.68. The number of aromatic nitrogens is 2. The van der Waals surface area contributed by atoms with E-state index in [1.165, 1.54) is 0 Å². The largest absolute Gasteiger partial charge is 0.497 e. The summed E-state index contributed by atoms with van der Waals surface area (Å²) < 4.78 is 10.7. The molecule has 0 aliphatic rings. The summed E-state index contributed by atoms with van der Waals surface area (Å²) in [4.78, 5) is 9.09. The topological polar surface area (TPSA) is 68.3 Å². The van der Waals surface area contributed by atoms with Gasteiger partial charge in [0.1, 0.15) is 17.3 Å². The molecule has 0 spiro atoms. The number of aryl methyl sites for hydroxylation is 3. The van der Waals surface area contributed by atoms with Crippen LogP contribution in [0.3, 0.4) is 0 Å². The van der Waals surface area contributed by atoms with E-state index in [1.54, 1.807) is 14.2 Å². The number of nitrogens with zero attached hydrogens (tertiary/aromatic N) is 2. The van der Waals surface area contributed by atoms with Crippen molar-refractivity contribution in [3.63, 3.8) is 0 Å². The average molecular weight is 364 g/mol. The summed E-state index contributed by atoms with van der Waals surface area (Å²) in [5.74, 6) is 2.60. The fraction of sp³-hybridized carbons (Fsp3) is 0.238. The Hall–Kier alpha value is -3.28. The molecule has 6 nitrogen and oxygen atoms in total. The van der Waals surface area contributed by atoms with Crippen molar-refractivity contribution < 1.29 is 9.47 Å². The number of methoxy groups -OCH3 is 2. The molecule has 0 amide bonds. The summed E-state index contributed by atoms with van der Waals surface area (Å²) in [6.07, 6.45) is 0. The van der Waals surface area contributed by atoms with Crippen LogP contribution in [0.2, 0.25) is 0 Å². The van der Waals surface area contributed by atoms with E-state index < -0.39 is 0 Å². The molecule has 3 aromatic rings. The summed E-state index contributed by atoms with van der Waals surface area (Å²) in [7, 11) is 3.24. The van der Waals surface area contributed by atoms with Gasteiger partial charge < -0.3 is 20.1 Å². The van der Waals surface area contributed by atoms with E-state index in [9.17, 15) is 0 Å². The second kappa shape index (κ2) is 7.95. The monoisotopic (exact) mass is 364 g/mol. The Morgan fingerprint density at radius 1 is 0.815 bits per heavy atom. The minimum absolute atomic E-state index is 0.493. The molecule has 0 aliphatic heterocycles. The van der Waals surface area contributed by atoms with E-state index in [2.05, 4.69) is 46.6 Å². The van der Waals surface area contributed by atoms with Crippen LogP contribution in [0.15, 0.2) is 42.5 Å². The minimum Gasteiger partial charge on any atom is -0.497 e. The molecule has 3 rings (SSSR count). The van der Waals surface area contributed by atoms with Crippen molar-refractivity contribution in [1.29, 1.82) is 0 Å². The molecule has 0 fully saturated rings. The third-order valence-electron chi connectivity index (χ3n) is 4.24. The number of hydrogen-bond donors (Lipinski definition) is 2. The maximum absolute atomic E-state index is 5.43.